The lowest BCUT2D eigenvalue weighted by molar-refractivity contribution is -0.123. The molecular weight excluding hydrogens is 232 g/mol. The van der Waals surface area contributed by atoms with Crippen LogP contribution in [0.5, 0.6) is 0 Å². The fraction of sp³-hybridized carbons (Fsp3) is 0.385. The van der Waals surface area contributed by atoms with Gasteiger partial charge in [0.05, 0.1) is 16.8 Å². The van der Waals surface area contributed by atoms with E-state index in [2.05, 4.69) is 5.32 Å². The second-order valence-electron chi connectivity index (χ2n) is 4.56. The minimum Gasteiger partial charge on any atom is -0.478 e. The molecule has 18 heavy (non-hydrogen) atoms. The van der Waals surface area contributed by atoms with Gasteiger partial charge >= 0.3 is 5.97 Å². The van der Waals surface area contributed by atoms with Crippen molar-refractivity contribution in [1.29, 1.82) is 0 Å². The van der Waals surface area contributed by atoms with E-state index in [-0.39, 0.29) is 11.5 Å². The van der Waals surface area contributed by atoms with E-state index < -0.39 is 11.5 Å². The summed E-state index contributed by atoms with van der Waals surface area (Å²) in [5.41, 5.74) is -0.251. The van der Waals surface area contributed by atoms with E-state index in [0.29, 0.717) is 5.69 Å². The molecule has 0 atom stereocenters. The molecule has 98 valence electrons. The fourth-order valence-electron chi connectivity index (χ4n) is 1.58. The van der Waals surface area contributed by atoms with Gasteiger partial charge in [0.15, 0.2) is 0 Å². The molecule has 0 aliphatic heterocycles. The zero-order chi connectivity index (χ0) is 13.9. The molecule has 0 aliphatic rings. The highest BCUT2D eigenvalue weighted by atomic mass is 16.4. The van der Waals surface area contributed by atoms with E-state index in [4.69, 9.17) is 5.11 Å². The number of nitrogens with one attached hydrogen (secondary N) is 1. The molecule has 5 nitrogen and oxygen atoms in total. The van der Waals surface area contributed by atoms with Crippen molar-refractivity contribution in [3.05, 3.63) is 29.8 Å². The van der Waals surface area contributed by atoms with E-state index >= 15 is 0 Å². The Morgan fingerprint density at radius 2 is 1.83 bits per heavy atom. The predicted molar refractivity (Wildman–Crippen MR) is 70.0 cm³/mol. The molecule has 0 aromatic heterocycles. The highest BCUT2D eigenvalue weighted by molar-refractivity contribution is 6.04. The maximum absolute atomic E-state index is 12.2. The Morgan fingerprint density at radius 1 is 1.28 bits per heavy atom. The predicted octanol–water partition coefficient (Wildman–Crippen LogP) is 1.35. The minimum atomic E-state index is -1.05. The highest BCUT2D eigenvalue weighted by Crippen LogP contribution is 2.21. The smallest absolute Gasteiger partial charge is 0.337 e. The first-order valence-corrected chi connectivity index (χ1v) is 5.60. The van der Waals surface area contributed by atoms with Gasteiger partial charge < -0.3 is 15.3 Å². The summed E-state index contributed by atoms with van der Waals surface area (Å²) in [6.07, 6.45) is 0. The number of benzene rings is 1. The molecule has 0 unspecified atom stereocenters. The number of para-hydroxylation sites is 1. The van der Waals surface area contributed by atoms with Crippen LogP contribution in [0.2, 0.25) is 0 Å². The number of carbonyl (C=O) groups excluding carboxylic acids is 1. The summed E-state index contributed by atoms with van der Waals surface area (Å²) < 4.78 is 0. The number of amides is 1. The van der Waals surface area contributed by atoms with Crippen molar-refractivity contribution in [2.75, 3.05) is 19.0 Å². The number of anilines is 1. The molecule has 2 N–H and O–H groups in total. The number of likely N-dealkylation sites (N-methyl/N-ethyl adjacent to an activating group) is 2. The number of hydrogen-bond donors (Lipinski definition) is 2. The molecule has 1 rings (SSSR count). The van der Waals surface area contributed by atoms with Gasteiger partial charge in [0, 0.05) is 7.05 Å². The first kappa shape index (κ1) is 14.2. The van der Waals surface area contributed by atoms with Crippen molar-refractivity contribution < 1.29 is 14.7 Å². The molecule has 0 radical (unpaired) electrons. The van der Waals surface area contributed by atoms with Crippen LogP contribution in [-0.4, -0.2) is 36.6 Å². The molecule has 1 aromatic carbocycles. The first-order valence-electron chi connectivity index (χ1n) is 5.60. The average Bonchev–Trinajstić information content (AvgIpc) is 2.36. The Hall–Kier alpha value is -1.88. The SMILES string of the molecule is CNC(C)(C)C(=O)N(C)c1ccccc1C(=O)O. The zero-order valence-electron chi connectivity index (χ0n) is 11.0. The van der Waals surface area contributed by atoms with Crippen LogP contribution in [0, 0.1) is 0 Å². The van der Waals surface area contributed by atoms with Crippen LogP contribution >= 0.6 is 0 Å². The summed E-state index contributed by atoms with van der Waals surface area (Å²) in [5, 5.41) is 12.0. The largest absolute Gasteiger partial charge is 0.478 e. The summed E-state index contributed by atoms with van der Waals surface area (Å²) in [4.78, 5) is 24.7. The summed E-state index contributed by atoms with van der Waals surface area (Å²) in [6, 6.07) is 6.44. The highest BCUT2D eigenvalue weighted by Gasteiger charge is 2.30. The second-order valence-corrected chi connectivity index (χ2v) is 4.56. The summed E-state index contributed by atoms with van der Waals surface area (Å²) in [5.74, 6) is -1.24. The van der Waals surface area contributed by atoms with Crippen molar-refractivity contribution in [2.45, 2.75) is 19.4 Å². The van der Waals surface area contributed by atoms with Crippen LogP contribution in [0.1, 0.15) is 24.2 Å². The average molecular weight is 250 g/mol. The van der Waals surface area contributed by atoms with Gasteiger partial charge in [-0.25, -0.2) is 4.79 Å². The Labute approximate surface area is 106 Å². The third kappa shape index (κ3) is 2.68. The van der Waals surface area contributed by atoms with E-state index in [1.165, 1.54) is 11.0 Å². The van der Waals surface area contributed by atoms with E-state index in [1.54, 1.807) is 46.1 Å². The van der Waals surface area contributed by atoms with E-state index in [0.717, 1.165) is 0 Å². The Morgan fingerprint density at radius 3 is 2.33 bits per heavy atom. The van der Waals surface area contributed by atoms with Gasteiger partial charge in [-0.2, -0.15) is 0 Å². The van der Waals surface area contributed by atoms with E-state index in [9.17, 15) is 9.59 Å². The maximum atomic E-state index is 12.2. The number of hydrogen-bond acceptors (Lipinski definition) is 3. The van der Waals surface area contributed by atoms with Gasteiger partial charge in [-0.1, -0.05) is 12.1 Å². The molecule has 0 heterocycles. The lowest BCUT2D eigenvalue weighted by atomic mass is 10.0. The topological polar surface area (TPSA) is 69.6 Å². The molecule has 0 bridgehead atoms. The molecule has 0 fully saturated rings. The lowest BCUT2D eigenvalue weighted by Crippen LogP contribution is -2.52. The van der Waals surface area contributed by atoms with Crippen molar-refractivity contribution >= 4 is 17.6 Å². The summed E-state index contributed by atoms with van der Waals surface area (Å²) >= 11 is 0. The minimum absolute atomic E-state index is 0.111. The number of carboxylic acid groups (broad SMARTS) is 1. The molecular formula is C13H18N2O3. The van der Waals surface area contributed by atoms with Crippen molar-refractivity contribution in [2.24, 2.45) is 0 Å². The van der Waals surface area contributed by atoms with Gasteiger partial charge in [-0.15, -0.1) is 0 Å². The molecule has 0 aliphatic carbocycles. The molecule has 0 saturated heterocycles. The molecule has 1 aromatic rings. The van der Waals surface area contributed by atoms with Crippen molar-refractivity contribution in [3.63, 3.8) is 0 Å². The van der Waals surface area contributed by atoms with E-state index in [1.807, 2.05) is 0 Å². The second kappa shape index (κ2) is 5.18. The number of carboxylic acids is 1. The summed E-state index contributed by atoms with van der Waals surface area (Å²) in [7, 11) is 3.26. The number of rotatable bonds is 4. The zero-order valence-corrected chi connectivity index (χ0v) is 11.0. The number of nitrogens with zero attached hydrogens (tertiary/aromatic N) is 1. The maximum Gasteiger partial charge on any atom is 0.337 e. The monoisotopic (exact) mass is 250 g/mol. The van der Waals surface area contributed by atoms with Gasteiger partial charge in [-0.3, -0.25) is 4.79 Å². The van der Waals surface area contributed by atoms with Crippen LogP contribution in [0.3, 0.4) is 0 Å². The van der Waals surface area contributed by atoms with Crippen LogP contribution in [-0.2, 0) is 4.79 Å². The van der Waals surface area contributed by atoms with Crippen LogP contribution in [0.25, 0.3) is 0 Å². The molecule has 0 saturated carbocycles. The summed E-state index contributed by atoms with van der Waals surface area (Å²) in [6.45, 7) is 3.49. The van der Waals surface area contributed by atoms with Gasteiger partial charge in [-0.05, 0) is 33.0 Å². The normalized spacial score (nSPS) is 11.1. The van der Waals surface area contributed by atoms with Gasteiger partial charge in [0.1, 0.15) is 0 Å². The quantitative estimate of drug-likeness (QED) is 0.846. The number of carbonyl (C=O) groups is 2. The Bertz CT molecular complexity index is 469. The molecule has 1 amide bonds. The fourth-order valence-corrected chi connectivity index (χ4v) is 1.58. The standard InChI is InChI=1S/C13H18N2O3/c1-13(2,14-3)12(18)15(4)10-8-6-5-7-9(10)11(16)17/h5-8,14H,1-4H3,(H,16,17). The first-order chi connectivity index (χ1) is 8.31. The van der Waals surface area contributed by atoms with Crippen LogP contribution in [0.4, 0.5) is 5.69 Å². The van der Waals surface area contributed by atoms with Gasteiger partial charge in [0.2, 0.25) is 5.91 Å². The lowest BCUT2D eigenvalue weighted by Gasteiger charge is -2.29. The number of aromatic carboxylic acids is 1. The van der Waals surface area contributed by atoms with Crippen molar-refractivity contribution in [3.8, 4) is 0 Å². The Balaban J connectivity index is 3.16. The van der Waals surface area contributed by atoms with Crippen molar-refractivity contribution in [1.82, 2.24) is 5.32 Å². The van der Waals surface area contributed by atoms with Crippen LogP contribution < -0.4 is 10.2 Å². The Kier molecular flexibility index (Phi) is 4.08. The third-order valence-corrected chi connectivity index (χ3v) is 2.96. The third-order valence-electron chi connectivity index (χ3n) is 2.96. The van der Waals surface area contributed by atoms with Gasteiger partial charge in [0.25, 0.3) is 0 Å². The molecule has 0 spiro atoms. The molecule has 5 heteroatoms. The van der Waals surface area contributed by atoms with Crippen LogP contribution in [0.15, 0.2) is 24.3 Å².